The lowest BCUT2D eigenvalue weighted by Gasteiger charge is -2.34. The van der Waals surface area contributed by atoms with Crippen molar-refractivity contribution in [3.05, 3.63) is 46.8 Å². The van der Waals surface area contributed by atoms with Gasteiger partial charge in [-0.3, -0.25) is 4.79 Å². The standard InChI is InChI=1S/C19H24N2O3S2/c1-14-8-9-16(12-15(14)2)20-18(22)13-17-6-3-4-10-21(17)26(23,24)19-7-5-11-25-19/h5,7-9,11-12,17H,3-4,6,10,13H2,1-2H3,(H,20,22). The second-order valence-corrected chi connectivity index (χ2v) is 9.81. The molecule has 5 nitrogen and oxygen atoms in total. The SMILES string of the molecule is Cc1ccc(NC(=O)CC2CCCCN2S(=O)(=O)c2cccs2)cc1C. The molecule has 26 heavy (non-hydrogen) atoms. The van der Waals surface area contributed by atoms with Gasteiger partial charge in [-0.05, 0) is 61.4 Å². The Labute approximate surface area is 159 Å². The van der Waals surface area contributed by atoms with Gasteiger partial charge in [-0.25, -0.2) is 8.42 Å². The van der Waals surface area contributed by atoms with Crippen molar-refractivity contribution in [3.63, 3.8) is 0 Å². The number of nitrogens with zero attached hydrogens (tertiary/aromatic N) is 1. The van der Waals surface area contributed by atoms with Gasteiger partial charge in [0.1, 0.15) is 4.21 Å². The Morgan fingerprint density at radius 2 is 2.04 bits per heavy atom. The number of nitrogens with one attached hydrogen (secondary N) is 1. The van der Waals surface area contributed by atoms with Crippen molar-refractivity contribution in [1.29, 1.82) is 0 Å². The summed E-state index contributed by atoms with van der Waals surface area (Å²) in [6.45, 7) is 4.50. The van der Waals surface area contributed by atoms with Gasteiger partial charge in [0, 0.05) is 24.7 Å². The highest BCUT2D eigenvalue weighted by Gasteiger charge is 2.35. The van der Waals surface area contributed by atoms with Gasteiger partial charge in [-0.1, -0.05) is 18.6 Å². The number of carbonyl (C=O) groups excluding carboxylic acids is 1. The first-order valence-corrected chi connectivity index (χ1v) is 11.1. The van der Waals surface area contributed by atoms with E-state index in [1.165, 1.54) is 21.2 Å². The molecule has 0 spiro atoms. The maximum Gasteiger partial charge on any atom is 0.252 e. The summed E-state index contributed by atoms with van der Waals surface area (Å²) in [6, 6.07) is 8.86. The molecule has 1 N–H and O–H groups in total. The fourth-order valence-electron chi connectivity index (χ4n) is 3.27. The Hall–Kier alpha value is -1.70. The number of rotatable bonds is 5. The Morgan fingerprint density at radius 3 is 2.73 bits per heavy atom. The molecular formula is C19H24N2O3S2. The number of sulfonamides is 1. The number of benzene rings is 1. The Balaban J connectivity index is 1.72. The first-order chi connectivity index (χ1) is 12.4. The molecule has 0 saturated carbocycles. The molecule has 1 aromatic carbocycles. The van der Waals surface area contributed by atoms with Gasteiger partial charge in [0.05, 0.1) is 0 Å². The summed E-state index contributed by atoms with van der Waals surface area (Å²) in [5.41, 5.74) is 3.03. The van der Waals surface area contributed by atoms with Crippen molar-refractivity contribution >= 4 is 33.0 Å². The maximum absolute atomic E-state index is 12.9. The van der Waals surface area contributed by atoms with Crippen molar-refractivity contribution in [3.8, 4) is 0 Å². The van der Waals surface area contributed by atoms with Gasteiger partial charge in [-0.15, -0.1) is 11.3 Å². The van der Waals surface area contributed by atoms with Crippen LogP contribution in [0.4, 0.5) is 5.69 Å². The molecule has 0 radical (unpaired) electrons. The topological polar surface area (TPSA) is 66.5 Å². The van der Waals surface area contributed by atoms with Gasteiger partial charge < -0.3 is 5.32 Å². The number of carbonyl (C=O) groups is 1. The molecule has 1 atom stereocenters. The van der Waals surface area contributed by atoms with Gasteiger partial charge in [0.25, 0.3) is 10.0 Å². The number of hydrogen-bond donors (Lipinski definition) is 1. The van der Waals surface area contributed by atoms with Gasteiger partial charge in [0.15, 0.2) is 0 Å². The van der Waals surface area contributed by atoms with Crippen molar-refractivity contribution < 1.29 is 13.2 Å². The van der Waals surface area contributed by atoms with E-state index in [1.54, 1.807) is 17.5 Å². The summed E-state index contributed by atoms with van der Waals surface area (Å²) in [6.07, 6.45) is 2.67. The van der Waals surface area contributed by atoms with E-state index in [0.717, 1.165) is 24.1 Å². The predicted molar refractivity (Wildman–Crippen MR) is 105 cm³/mol. The molecule has 1 aliphatic heterocycles. The van der Waals surface area contributed by atoms with E-state index in [0.29, 0.717) is 17.2 Å². The van der Waals surface area contributed by atoms with Crippen LogP contribution >= 0.6 is 11.3 Å². The minimum absolute atomic E-state index is 0.147. The summed E-state index contributed by atoms with van der Waals surface area (Å²) >= 11 is 1.22. The van der Waals surface area contributed by atoms with E-state index >= 15 is 0 Å². The summed E-state index contributed by atoms with van der Waals surface area (Å²) in [5.74, 6) is -0.147. The lowest BCUT2D eigenvalue weighted by atomic mass is 10.0. The Bertz CT molecular complexity index is 876. The summed E-state index contributed by atoms with van der Waals surface area (Å²) < 4.78 is 27.6. The van der Waals surface area contributed by atoms with E-state index in [2.05, 4.69) is 5.32 Å². The molecule has 1 fully saturated rings. The molecule has 140 valence electrons. The Morgan fingerprint density at radius 1 is 1.23 bits per heavy atom. The second kappa shape index (κ2) is 7.90. The van der Waals surface area contributed by atoms with E-state index < -0.39 is 10.0 Å². The highest BCUT2D eigenvalue weighted by molar-refractivity contribution is 7.91. The lowest BCUT2D eigenvalue weighted by Crippen LogP contribution is -2.45. The number of aryl methyl sites for hydroxylation is 2. The first-order valence-electron chi connectivity index (χ1n) is 8.80. The molecule has 0 aliphatic carbocycles. The molecular weight excluding hydrogens is 368 g/mol. The zero-order valence-corrected chi connectivity index (χ0v) is 16.7. The van der Waals surface area contributed by atoms with E-state index in [1.807, 2.05) is 32.0 Å². The number of hydrogen-bond acceptors (Lipinski definition) is 4. The monoisotopic (exact) mass is 392 g/mol. The molecule has 1 amide bonds. The van der Waals surface area contributed by atoms with Crippen molar-refractivity contribution in [2.45, 2.75) is 49.8 Å². The largest absolute Gasteiger partial charge is 0.326 e. The summed E-state index contributed by atoms with van der Waals surface area (Å²) in [4.78, 5) is 12.5. The molecule has 2 heterocycles. The summed E-state index contributed by atoms with van der Waals surface area (Å²) in [7, 11) is -3.53. The third-order valence-corrected chi connectivity index (χ3v) is 8.17. The van der Waals surface area contributed by atoms with Crippen LogP contribution in [-0.4, -0.2) is 31.2 Å². The Kier molecular flexibility index (Phi) is 5.79. The number of anilines is 1. The predicted octanol–water partition coefficient (Wildman–Crippen LogP) is 3.94. The van der Waals surface area contributed by atoms with Crippen LogP contribution in [0.3, 0.4) is 0 Å². The molecule has 1 unspecified atom stereocenters. The summed E-state index contributed by atoms with van der Waals surface area (Å²) in [5, 5.41) is 4.67. The van der Waals surface area contributed by atoms with Gasteiger partial charge in [0.2, 0.25) is 5.91 Å². The van der Waals surface area contributed by atoms with Crippen LogP contribution in [0.2, 0.25) is 0 Å². The maximum atomic E-state index is 12.9. The van der Waals surface area contributed by atoms with Crippen LogP contribution in [0.15, 0.2) is 39.9 Å². The van der Waals surface area contributed by atoms with Crippen LogP contribution in [-0.2, 0) is 14.8 Å². The van der Waals surface area contributed by atoms with Crippen molar-refractivity contribution in [2.24, 2.45) is 0 Å². The minimum atomic E-state index is -3.53. The van der Waals surface area contributed by atoms with Crippen LogP contribution in [0.5, 0.6) is 0 Å². The van der Waals surface area contributed by atoms with Crippen LogP contribution in [0.1, 0.15) is 36.8 Å². The molecule has 1 aliphatic rings. The molecule has 7 heteroatoms. The average Bonchev–Trinajstić information content (AvgIpc) is 3.14. The second-order valence-electron chi connectivity index (χ2n) is 6.75. The van der Waals surface area contributed by atoms with E-state index in [9.17, 15) is 13.2 Å². The molecule has 1 saturated heterocycles. The van der Waals surface area contributed by atoms with E-state index in [4.69, 9.17) is 0 Å². The third kappa shape index (κ3) is 4.16. The van der Waals surface area contributed by atoms with Gasteiger partial charge >= 0.3 is 0 Å². The van der Waals surface area contributed by atoms with Crippen LogP contribution in [0.25, 0.3) is 0 Å². The van der Waals surface area contributed by atoms with E-state index in [-0.39, 0.29) is 18.4 Å². The number of thiophene rings is 1. The first kappa shape index (κ1) is 19.1. The number of piperidine rings is 1. The van der Waals surface area contributed by atoms with Crippen LogP contribution < -0.4 is 5.32 Å². The lowest BCUT2D eigenvalue weighted by molar-refractivity contribution is -0.117. The fourth-order valence-corrected chi connectivity index (χ4v) is 6.08. The quantitative estimate of drug-likeness (QED) is 0.838. The molecule has 2 aromatic rings. The highest BCUT2D eigenvalue weighted by Crippen LogP contribution is 2.29. The van der Waals surface area contributed by atoms with Crippen LogP contribution in [0, 0.1) is 13.8 Å². The highest BCUT2D eigenvalue weighted by atomic mass is 32.2. The molecule has 1 aromatic heterocycles. The average molecular weight is 393 g/mol. The fraction of sp³-hybridized carbons (Fsp3) is 0.421. The smallest absolute Gasteiger partial charge is 0.252 e. The van der Waals surface area contributed by atoms with Crippen molar-refractivity contribution in [2.75, 3.05) is 11.9 Å². The minimum Gasteiger partial charge on any atom is -0.326 e. The third-order valence-electron chi connectivity index (χ3n) is 4.84. The zero-order chi connectivity index (χ0) is 18.7. The normalized spacial score (nSPS) is 18.6. The van der Waals surface area contributed by atoms with Gasteiger partial charge in [-0.2, -0.15) is 4.31 Å². The number of amides is 1. The zero-order valence-electron chi connectivity index (χ0n) is 15.1. The van der Waals surface area contributed by atoms with Crippen molar-refractivity contribution in [1.82, 2.24) is 4.31 Å². The molecule has 0 bridgehead atoms. The molecule has 3 rings (SSSR count).